The third-order valence-electron chi connectivity index (χ3n) is 6.03. The minimum atomic E-state index is -1.65. The molecule has 3 heterocycles. The standard InChI is InChI=1S/C23H23NO9/c1-5-30-20(29)14-6-8-15(9-7-14)24-18(27)16-17(19(24)28)23(11-10-22(16,4)33-23)21(31-12(2)25)32-13(3)26/h6-11,16-17,21H,5H2,1-4H3/t16-,17+,22-,23-/m0/s1. The van der Waals surface area contributed by atoms with Crippen molar-refractivity contribution < 1.29 is 42.9 Å². The van der Waals surface area contributed by atoms with Crippen LogP contribution in [0.5, 0.6) is 0 Å². The van der Waals surface area contributed by atoms with E-state index in [-0.39, 0.29) is 17.9 Å². The van der Waals surface area contributed by atoms with Gasteiger partial charge in [-0.2, -0.15) is 0 Å². The predicted molar refractivity (Wildman–Crippen MR) is 111 cm³/mol. The minimum Gasteiger partial charge on any atom is -0.462 e. The number of imide groups is 1. The number of esters is 3. The summed E-state index contributed by atoms with van der Waals surface area (Å²) in [4.78, 5) is 63.3. The molecule has 0 N–H and O–H groups in total. The second kappa shape index (κ2) is 7.80. The zero-order chi connectivity index (χ0) is 24.1. The van der Waals surface area contributed by atoms with Gasteiger partial charge in [0.15, 0.2) is 5.60 Å². The van der Waals surface area contributed by atoms with Gasteiger partial charge in [0.1, 0.15) is 0 Å². The molecule has 2 amide bonds. The summed E-state index contributed by atoms with van der Waals surface area (Å²) >= 11 is 0. The average Bonchev–Trinajstić information content (AvgIpc) is 3.33. The summed E-state index contributed by atoms with van der Waals surface area (Å²) in [6.07, 6.45) is 1.58. The van der Waals surface area contributed by atoms with Gasteiger partial charge in [0.25, 0.3) is 6.29 Å². The highest BCUT2D eigenvalue weighted by atomic mass is 16.7. The van der Waals surface area contributed by atoms with E-state index in [1.54, 1.807) is 19.9 Å². The summed E-state index contributed by atoms with van der Waals surface area (Å²) in [6.45, 7) is 5.82. The number of rotatable bonds is 6. The van der Waals surface area contributed by atoms with Crippen LogP contribution < -0.4 is 4.90 Å². The third-order valence-corrected chi connectivity index (χ3v) is 6.03. The molecule has 4 atom stereocenters. The van der Waals surface area contributed by atoms with Gasteiger partial charge in [-0.25, -0.2) is 9.69 Å². The van der Waals surface area contributed by atoms with Crippen LogP contribution in [0, 0.1) is 11.8 Å². The Balaban J connectivity index is 1.71. The monoisotopic (exact) mass is 457 g/mol. The van der Waals surface area contributed by atoms with Crippen LogP contribution in [0.2, 0.25) is 0 Å². The van der Waals surface area contributed by atoms with Crippen LogP contribution in [-0.4, -0.2) is 53.8 Å². The molecule has 0 spiro atoms. The van der Waals surface area contributed by atoms with Crippen LogP contribution in [0.25, 0.3) is 0 Å². The van der Waals surface area contributed by atoms with Crippen LogP contribution in [0.1, 0.15) is 38.1 Å². The van der Waals surface area contributed by atoms with Crippen molar-refractivity contribution in [1.82, 2.24) is 0 Å². The zero-order valence-corrected chi connectivity index (χ0v) is 18.5. The lowest BCUT2D eigenvalue weighted by Gasteiger charge is -2.34. The fourth-order valence-corrected chi connectivity index (χ4v) is 4.78. The molecular formula is C23H23NO9. The molecule has 174 valence electrons. The average molecular weight is 457 g/mol. The van der Waals surface area contributed by atoms with Gasteiger partial charge in [-0.3, -0.25) is 19.2 Å². The molecule has 0 aliphatic carbocycles. The first-order valence-electron chi connectivity index (χ1n) is 10.4. The molecule has 10 nitrogen and oxygen atoms in total. The summed E-state index contributed by atoms with van der Waals surface area (Å²) in [5.74, 6) is -5.12. The lowest BCUT2D eigenvalue weighted by molar-refractivity contribution is -0.231. The van der Waals surface area contributed by atoms with Gasteiger partial charge < -0.3 is 18.9 Å². The van der Waals surface area contributed by atoms with Gasteiger partial charge in [0, 0.05) is 13.8 Å². The lowest BCUT2D eigenvalue weighted by Crippen LogP contribution is -2.52. The van der Waals surface area contributed by atoms with Crippen molar-refractivity contribution in [2.45, 2.75) is 45.2 Å². The molecule has 1 aromatic rings. The number of anilines is 1. The first-order valence-corrected chi connectivity index (χ1v) is 10.4. The SMILES string of the molecule is CCOC(=O)c1ccc(N2C(=O)[C@@H]3[C@H](C2=O)[C@]2(C(OC(C)=O)OC(C)=O)C=C[C@]3(C)O2)cc1. The van der Waals surface area contributed by atoms with Crippen LogP contribution in [-0.2, 0) is 38.1 Å². The number of ether oxygens (including phenoxy) is 4. The van der Waals surface area contributed by atoms with Crippen molar-refractivity contribution in [3.05, 3.63) is 42.0 Å². The Hall–Kier alpha value is -3.53. The first-order chi connectivity index (χ1) is 15.5. The van der Waals surface area contributed by atoms with Crippen molar-refractivity contribution in [3.8, 4) is 0 Å². The first kappa shape index (κ1) is 22.7. The van der Waals surface area contributed by atoms with Gasteiger partial charge in [-0.05, 0) is 44.2 Å². The highest BCUT2D eigenvalue weighted by molar-refractivity contribution is 6.23. The molecule has 0 radical (unpaired) electrons. The van der Waals surface area contributed by atoms with E-state index in [1.807, 2.05) is 0 Å². The smallest absolute Gasteiger partial charge is 0.338 e. The van der Waals surface area contributed by atoms with Crippen LogP contribution >= 0.6 is 0 Å². The van der Waals surface area contributed by atoms with Crippen LogP contribution in [0.4, 0.5) is 5.69 Å². The fourth-order valence-electron chi connectivity index (χ4n) is 4.78. The van der Waals surface area contributed by atoms with Crippen LogP contribution in [0.15, 0.2) is 36.4 Å². The summed E-state index contributed by atoms with van der Waals surface area (Å²) in [5, 5.41) is 0. The molecule has 3 aliphatic rings. The number of nitrogens with zero attached hydrogens (tertiary/aromatic N) is 1. The predicted octanol–water partition coefficient (Wildman–Crippen LogP) is 1.52. The second-order valence-corrected chi connectivity index (χ2v) is 8.26. The maximum Gasteiger partial charge on any atom is 0.338 e. The number of benzene rings is 1. The highest BCUT2D eigenvalue weighted by Crippen LogP contribution is 2.59. The van der Waals surface area contributed by atoms with Crippen LogP contribution in [0.3, 0.4) is 0 Å². The molecule has 33 heavy (non-hydrogen) atoms. The van der Waals surface area contributed by atoms with Gasteiger partial charge >= 0.3 is 17.9 Å². The number of fused-ring (bicyclic) bond motifs is 5. The van der Waals surface area contributed by atoms with Gasteiger partial charge in [-0.15, -0.1) is 0 Å². The van der Waals surface area contributed by atoms with Crippen molar-refractivity contribution in [3.63, 3.8) is 0 Å². The Kier molecular flexibility index (Phi) is 5.36. The quantitative estimate of drug-likeness (QED) is 0.270. The molecule has 10 heteroatoms. The van der Waals surface area contributed by atoms with E-state index in [2.05, 4.69) is 0 Å². The van der Waals surface area contributed by atoms with E-state index < -0.39 is 59.1 Å². The number of hydrogen-bond donors (Lipinski definition) is 0. The molecule has 0 unspecified atom stereocenters. The molecule has 4 rings (SSSR count). The molecular weight excluding hydrogens is 434 g/mol. The van der Waals surface area contributed by atoms with Crippen molar-refractivity contribution in [2.75, 3.05) is 11.5 Å². The Bertz CT molecular complexity index is 1060. The number of carbonyl (C=O) groups is 5. The van der Waals surface area contributed by atoms with Gasteiger partial charge in [-0.1, -0.05) is 6.08 Å². The van der Waals surface area contributed by atoms with Crippen molar-refractivity contribution in [2.24, 2.45) is 11.8 Å². The highest BCUT2D eigenvalue weighted by Gasteiger charge is 2.75. The Morgan fingerprint density at radius 3 is 2.12 bits per heavy atom. The lowest BCUT2D eigenvalue weighted by atomic mass is 9.72. The number of carbonyl (C=O) groups excluding carboxylic acids is 5. The molecule has 2 fully saturated rings. The molecule has 0 saturated carbocycles. The topological polar surface area (TPSA) is 126 Å². The Morgan fingerprint density at radius 2 is 1.58 bits per heavy atom. The van der Waals surface area contributed by atoms with E-state index in [0.29, 0.717) is 0 Å². The Labute approximate surface area is 189 Å². The molecule has 2 saturated heterocycles. The van der Waals surface area contributed by atoms with Crippen molar-refractivity contribution >= 4 is 35.4 Å². The van der Waals surface area contributed by atoms with E-state index in [1.165, 1.54) is 30.3 Å². The van der Waals surface area contributed by atoms with E-state index >= 15 is 0 Å². The fraction of sp³-hybridized carbons (Fsp3) is 0.435. The summed E-state index contributed by atoms with van der Waals surface area (Å²) in [5.41, 5.74) is -2.28. The molecule has 2 bridgehead atoms. The molecule has 1 aromatic carbocycles. The normalized spacial score (nSPS) is 29.4. The molecule has 0 aromatic heterocycles. The Morgan fingerprint density at radius 1 is 1.00 bits per heavy atom. The zero-order valence-electron chi connectivity index (χ0n) is 18.5. The minimum absolute atomic E-state index is 0.215. The maximum atomic E-state index is 13.6. The molecule has 3 aliphatic heterocycles. The third kappa shape index (κ3) is 3.41. The largest absolute Gasteiger partial charge is 0.462 e. The number of amides is 2. The number of hydrogen-bond acceptors (Lipinski definition) is 9. The van der Waals surface area contributed by atoms with E-state index in [4.69, 9.17) is 18.9 Å². The van der Waals surface area contributed by atoms with Crippen molar-refractivity contribution in [1.29, 1.82) is 0 Å². The second-order valence-electron chi connectivity index (χ2n) is 8.26. The summed E-state index contributed by atoms with van der Waals surface area (Å²) < 4.78 is 21.5. The van der Waals surface area contributed by atoms with E-state index in [0.717, 1.165) is 18.7 Å². The van der Waals surface area contributed by atoms with E-state index in [9.17, 15) is 24.0 Å². The summed E-state index contributed by atoms with van der Waals surface area (Å²) in [6, 6.07) is 5.88. The van der Waals surface area contributed by atoms with Gasteiger partial charge in [0.2, 0.25) is 11.8 Å². The summed E-state index contributed by atoms with van der Waals surface area (Å²) in [7, 11) is 0. The van der Waals surface area contributed by atoms with Gasteiger partial charge in [0.05, 0.1) is 35.3 Å². The maximum absolute atomic E-state index is 13.6.